The summed E-state index contributed by atoms with van der Waals surface area (Å²) in [7, 11) is 0. The predicted molar refractivity (Wildman–Crippen MR) is 92.0 cm³/mol. The Morgan fingerprint density at radius 1 is 1.24 bits per heavy atom. The molecular formula is C18H33NOS. The second-order valence-corrected chi connectivity index (χ2v) is 8.94. The average Bonchev–Trinajstić information content (AvgIpc) is 2.93. The van der Waals surface area contributed by atoms with Crippen LogP contribution >= 0.6 is 11.8 Å². The Bertz CT molecular complexity index is 334. The Morgan fingerprint density at radius 3 is 2.71 bits per heavy atom. The van der Waals surface area contributed by atoms with Gasteiger partial charge in [-0.25, -0.2) is 0 Å². The molecule has 3 heteroatoms. The normalized spacial score (nSPS) is 37.7. The van der Waals surface area contributed by atoms with E-state index in [1.807, 2.05) is 0 Å². The van der Waals surface area contributed by atoms with Crippen LogP contribution < -0.4 is 5.32 Å². The molecular weight excluding hydrogens is 278 g/mol. The van der Waals surface area contributed by atoms with Crippen LogP contribution in [0.2, 0.25) is 0 Å². The van der Waals surface area contributed by atoms with Crippen molar-refractivity contribution < 1.29 is 4.74 Å². The summed E-state index contributed by atoms with van der Waals surface area (Å²) in [5.74, 6) is 3.36. The molecule has 3 rings (SSSR count). The summed E-state index contributed by atoms with van der Waals surface area (Å²) in [6.07, 6.45) is 11.0. The highest BCUT2D eigenvalue weighted by atomic mass is 32.2. The first kappa shape index (κ1) is 16.1. The van der Waals surface area contributed by atoms with Crippen LogP contribution in [0.1, 0.15) is 65.2 Å². The molecule has 2 heterocycles. The second-order valence-electron chi connectivity index (χ2n) is 7.84. The van der Waals surface area contributed by atoms with Crippen LogP contribution in [0.5, 0.6) is 0 Å². The summed E-state index contributed by atoms with van der Waals surface area (Å²) < 4.78 is 6.26. The average molecular weight is 312 g/mol. The van der Waals surface area contributed by atoms with Crippen LogP contribution in [0.25, 0.3) is 0 Å². The standard InChI is InChI=1S/C18H33NOS/c1-3-19-16(17(2)8-5-4-6-9-17)15-7-11-20-18(13-15)10-12-21-14-18/h15-16,19H,3-14H2,1-2H3. The summed E-state index contributed by atoms with van der Waals surface area (Å²) >= 11 is 2.10. The molecule has 1 saturated carbocycles. The predicted octanol–water partition coefficient (Wildman–Crippen LogP) is 4.24. The molecule has 0 radical (unpaired) electrons. The first-order chi connectivity index (χ1) is 10.2. The van der Waals surface area contributed by atoms with E-state index in [1.54, 1.807) is 0 Å². The van der Waals surface area contributed by atoms with Crippen molar-refractivity contribution in [3.8, 4) is 0 Å². The van der Waals surface area contributed by atoms with Crippen molar-refractivity contribution in [1.29, 1.82) is 0 Å². The van der Waals surface area contributed by atoms with E-state index in [4.69, 9.17) is 4.74 Å². The molecule has 0 aromatic heterocycles. The van der Waals surface area contributed by atoms with Crippen LogP contribution in [-0.2, 0) is 4.74 Å². The summed E-state index contributed by atoms with van der Waals surface area (Å²) in [5.41, 5.74) is 0.746. The third-order valence-electron chi connectivity index (χ3n) is 6.24. The van der Waals surface area contributed by atoms with E-state index in [-0.39, 0.29) is 5.60 Å². The molecule has 1 spiro atoms. The van der Waals surface area contributed by atoms with Gasteiger partial charge in [-0.2, -0.15) is 11.8 Å². The molecule has 2 nitrogen and oxygen atoms in total. The number of ether oxygens (including phenoxy) is 1. The Balaban J connectivity index is 1.73. The van der Waals surface area contributed by atoms with Crippen molar-refractivity contribution in [1.82, 2.24) is 5.32 Å². The van der Waals surface area contributed by atoms with Gasteiger partial charge in [0, 0.05) is 18.4 Å². The molecule has 3 fully saturated rings. The molecule has 0 amide bonds. The van der Waals surface area contributed by atoms with Gasteiger partial charge in [0.25, 0.3) is 0 Å². The van der Waals surface area contributed by atoms with Gasteiger partial charge in [-0.3, -0.25) is 0 Å². The highest BCUT2D eigenvalue weighted by Crippen LogP contribution is 2.47. The lowest BCUT2D eigenvalue weighted by atomic mass is 9.64. The third-order valence-corrected chi connectivity index (χ3v) is 7.46. The van der Waals surface area contributed by atoms with E-state index >= 15 is 0 Å². The summed E-state index contributed by atoms with van der Waals surface area (Å²) in [6.45, 7) is 6.94. The fourth-order valence-corrected chi connectivity index (χ4v) is 6.46. The van der Waals surface area contributed by atoms with Crippen molar-refractivity contribution in [3.63, 3.8) is 0 Å². The lowest BCUT2D eigenvalue weighted by Gasteiger charge is -2.49. The first-order valence-corrected chi connectivity index (χ1v) is 10.3. The zero-order valence-corrected chi connectivity index (χ0v) is 14.8. The molecule has 2 saturated heterocycles. The number of nitrogens with one attached hydrogen (secondary N) is 1. The van der Waals surface area contributed by atoms with Crippen molar-refractivity contribution in [2.45, 2.75) is 76.9 Å². The minimum atomic E-state index is 0.228. The molecule has 3 atom stereocenters. The zero-order valence-electron chi connectivity index (χ0n) is 14.0. The minimum absolute atomic E-state index is 0.228. The molecule has 1 N–H and O–H groups in total. The van der Waals surface area contributed by atoms with Gasteiger partial charge in [0.1, 0.15) is 0 Å². The van der Waals surface area contributed by atoms with Gasteiger partial charge in [0.2, 0.25) is 0 Å². The number of hydrogen-bond acceptors (Lipinski definition) is 3. The maximum Gasteiger partial charge on any atom is 0.0783 e. The van der Waals surface area contributed by atoms with E-state index in [0.29, 0.717) is 11.5 Å². The fraction of sp³-hybridized carbons (Fsp3) is 1.00. The largest absolute Gasteiger partial charge is 0.374 e. The van der Waals surface area contributed by atoms with Crippen molar-refractivity contribution >= 4 is 11.8 Å². The van der Waals surface area contributed by atoms with Crippen LogP contribution in [0.4, 0.5) is 0 Å². The Hall–Kier alpha value is 0.270. The highest BCUT2D eigenvalue weighted by molar-refractivity contribution is 7.99. The van der Waals surface area contributed by atoms with Crippen molar-refractivity contribution in [2.24, 2.45) is 11.3 Å². The molecule has 0 aromatic rings. The van der Waals surface area contributed by atoms with Gasteiger partial charge < -0.3 is 10.1 Å². The molecule has 2 aliphatic heterocycles. The van der Waals surface area contributed by atoms with E-state index in [9.17, 15) is 0 Å². The lowest BCUT2D eigenvalue weighted by Crippen LogP contribution is -2.54. The third kappa shape index (κ3) is 3.45. The lowest BCUT2D eigenvalue weighted by molar-refractivity contribution is -0.0952. The van der Waals surface area contributed by atoms with Crippen LogP contribution in [0, 0.1) is 11.3 Å². The van der Waals surface area contributed by atoms with E-state index in [0.717, 1.165) is 19.1 Å². The van der Waals surface area contributed by atoms with Crippen LogP contribution in [-0.4, -0.2) is 36.3 Å². The smallest absolute Gasteiger partial charge is 0.0783 e. The summed E-state index contributed by atoms with van der Waals surface area (Å²) in [5, 5.41) is 3.91. The molecule has 1 aliphatic carbocycles. The maximum atomic E-state index is 6.26. The summed E-state index contributed by atoms with van der Waals surface area (Å²) in [4.78, 5) is 0. The Morgan fingerprint density at radius 2 is 2.05 bits per heavy atom. The Labute approximate surface area is 135 Å². The number of thioether (sulfide) groups is 1. The van der Waals surface area contributed by atoms with Gasteiger partial charge >= 0.3 is 0 Å². The van der Waals surface area contributed by atoms with Gasteiger partial charge in [-0.05, 0) is 55.7 Å². The SMILES string of the molecule is CCNC(C1CCOC2(CCSC2)C1)C1(C)CCCCC1. The van der Waals surface area contributed by atoms with Gasteiger partial charge in [-0.15, -0.1) is 0 Å². The molecule has 3 unspecified atom stereocenters. The van der Waals surface area contributed by atoms with Crippen LogP contribution in [0.15, 0.2) is 0 Å². The fourth-order valence-electron chi connectivity index (χ4n) is 5.09. The van der Waals surface area contributed by atoms with Gasteiger partial charge in [0.05, 0.1) is 5.60 Å². The topological polar surface area (TPSA) is 21.3 Å². The van der Waals surface area contributed by atoms with Crippen molar-refractivity contribution in [2.75, 3.05) is 24.7 Å². The highest BCUT2D eigenvalue weighted by Gasteiger charge is 2.46. The maximum absolute atomic E-state index is 6.26. The molecule has 122 valence electrons. The van der Waals surface area contributed by atoms with E-state index in [2.05, 4.69) is 30.9 Å². The van der Waals surface area contributed by atoms with Gasteiger partial charge in [-0.1, -0.05) is 33.1 Å². The molecule has 0 aromatic carbocycles. The number of rotatable bonds is 4. The van der Waals surface area contributed by atoms with Crippen LogP contribution in [0.3, 0.4) is 0 Å². The molecule has 21 heavy (non-hydrogen) atoms. The molecule has 0 bridgehead atoms. The van der Waals surface area contributed by atoms with Crippen molar-refractivity contribution in [3.05, 3.63) is 0 Å². The molecule has 3 aliphatic rings. The van der Waals surface area contributed by atoms with Gasteiger partial charge in [0.15, 0.2) is 0 Å². The minimum Gasteiger partial charge on any atom is -0.374 e. The van der Waals surface area contributed by atoms with E-state index < -0.39 is 0 Å². The second kappa shape index (κ2) is 6.80. The Kier molecular flexibility index (Phi) is 5.23. The number of hydrogen-bond donors (Lipinski definition) is 1. The monoisotopic (exact) mass is 311 g/mol. The first-order valence-electron chi connectivity index (χ1n) is 9.13. The zero-order chi connectivity index (χ0) is 14.8. The quantitative estimate of drug-likeness (QED) is 0.839. The van der Waals surface area contributed by atoms with E-state index in [1.165, 1.54) is 62.9 Å². The summed E-state index contributed by atoms with van der Waals surface area (Å²) in [6, 6.07) is 0.703.